The van der Waals surface area contributed by atoms with Gasteiger partial charge in [0, 0.05) is 0 Å². The van der Waals surface area contributed by atoms with E-state index >= 15 is 0 Å². The SMILES string of the molecule is O=C1N[C@@H]2c3ccccc3CC[C@@H]12. The summed E-state index contributed by atoms with van der Waals surface area (Å²) in [5.74, 6) is 0.495. The molecule has 0 aromatic heterocycles. The standard InChI is InChI=1S/C11H11NO/c13-11-9-6-5-7-3-1-2-4-8(7)10(9)12-11/h1-4,9-10H,5-6H2,(H,12,13)/t9-,10-/m1/s1. The van der Waals surface area contributed by atoms with Crippen LogP contribution in [0.3, 0.4) is 0 Å². The van der Waals surface area contributed by atoms with E-state index < -0.39 is 0 Å². The van der Waals surface area contributed by atoms with Gasteiger partial charge in [0.15, 0.2) is 0 Å². The van der Waals surface area contributed by atoms with Crippen LogP contribution in [0.25, 0.3) is 0 Å². The molecule has 1 aliphatic heterocycles. The molecule has 1 heterocycles. The number of hydrogen-bond acceptors (Lipinski definition) is 1. The van der Waals surface area contributed by atoms with Crippen molar-refractivity contribution in [3.05, 3.63) is 35.4 Å². The van der Waals surface area contributed by atoms with E-state index in [0.717, 1.165) is 12.8 Å². The Balaban J connectivity index is 2.05. The van der Waals surface area contributed by atoms with Crippen LogP contribution < -0.4 is 5.32 Å². The molecular formula is C11H11NO. The molecule has 3 rings (SSSR count). The molecule has 0 spiro atoms. The lowest BCUT2D eigenvalue weighted by molar-refractivity contribution is -0.136. The van der Waals surface area contributed by atoms with Crippen LogP contribution in [0, 0.1) is 5.92 Å². The minimum atomic E-state index is 0.236. The lowest BCUT2D eigenvalue weighted by Gasteiger charge is -2.41. The Hall–Kier alpha value is -1.31. The van der Waals surface area contributed by atoms with Gasteiger partial charge in [0.25, 0.3) is 0 Å². The first-order valence-electron chi connectivity index (χ1n) is 4.74. The molecule has 1 aromatic rings. The van der Waals surface area contributed by atoms with Gasteiger partial charge in [0.2, 0.25) is 5.91 Å². The normalized spacial score (nSPS) is 29.7. The Labute approximate surface area is 77.0 Å². The lowest BCUT2D eigenvalue weighted by atomic mass is 9.74. The predicted molar refractivity (Wildman–Crippen MR) is 49.1 cm³/mol. The van der Waals surface area contributed by atoms with Crippen molar-refractivity contribution in [3.63, 3.8) is 0 Å². The van der Waals surface area contributed by atoms with Crippen LogP contribution >= 0.6 is 0 Å². The number of rotatable bonds is 0. The second-order valence-corrected chi connectivity index (χ2v) is 3.83. The van der Waals surface area contributed by atoms with Gasteiger partial charge in [-0.3, -0.25) is 4.79 Å². The molecule has 2 atom stereocenters. The lowest BCUT2D eigenvalue weighted by Crippen LogP contribution is -2.53. The van der Waals surface area contributed by atoms with Crippen LogP contribution in [0.4, 0.5) is 0 Å². The molecule has 1 aromatic carbocycles. The van der Waals surface area contributed by atoms with Crippen LogP contribution in [0.15, 0.2) is 24.3 Å². The quantitative estimate of drug-likeness (QED) is 0.591. The summed E-state index contributed by atoms with van der Waals surface area (Å²) in [6.07, 6.45) is 2.08. The highest BCUT2D eigenvalue weighted by Crippen LogP contribution is 2.39. The Morgan fingerprint density at radius 1 is 1.31 bits per heavy atom. The third kappa shape index (κ3) is 0.857. The molecule has 0 unspecified atom stereocenters. The molecule has 66 valence electrons. The first kappa shape index (κ1) is 7.13. The number of carbonyl (C=O) groups is 1. The van der Waals surface area contributed by atoms with Gasteiger partial charge in [-0.15, -0.1) is 0 Å². The van der Waals surface area contributed by atoms with E-state index in [1.165, 1.54) is 11.1 Å². The minimum absolute atomic E-state index is 0.236. The summed E-state index contributed by atoms with van der Waals surface area (Å²) in [4.78, 5) is 11.2. The van der Waals surface area contributed by atoms with Crippen molar-refractivity contribution in [2.75, 3.05) is 0 Å². The molecule has 1 N–H and O–H groups in total. The second kappa shape index (κ2) is 2.34. The molecular weight excluding hydrogens is 162 g/mol. The van der Waals surface area contributed by atoms with Crippen molar-refractivity contribution in [2.45, 2.75) is 18.9 Å². The number of hydrogen-bond donors (Lipinski definition) is 1. The van der Waals surface area contributed by atoms with Gasteiger partial charge in [0.05, 0.1) is 12.0 Å². The fourth-order valence-electron chi connectivity index (χ4n) is 2.38. The summed E-state index contributed by atoms with van der Waals surface area (Å²) in [6.45, 7) is 0. The largest absolute Gasteiger partial charge is 0.348 e. The molecule has 2 aliphatic rings. The fraction of sp³-hybridized carbons (Fsp3) is 0.364. The average Bonchev–Trinajstić information content (AvgIpc) is 2.16. The van der Waals surface area contributed by atoms with Crippen molar-refractivity contribution < 1.29 is 4.79 Å². The Bertz CT molecular complexity index is 372. The maximum Gasteiger partial charge on any atom is 0.226 e. The fourth-order valence-corrected chi connectivity index (χ4v) is 2.38. The van der Waals surface area contributed by atoms with Crippen molar-refractivity contribution in [1.29, 1.82) is 0 Å². The zero-order valence-electron chi connectivity index (χ0n) is 7.29. The molecule has 1 aliphatic carbocycles. The van der Waals surface area contributed by atoms with Gasteiger partial charge < -0.3 is 5.32 Å². The van der Waals surface area contributed by atoms with Crippen LogP contribution in [0.5, 0.6) is 0 Å². The number of amides is 1. The number of aryl methyl sites for hydroxylation is 1. The van der Waals surface area contributed by atoms with Crippen LogP contribution in [-0.2, 0) is 11.2 Å². The maximum absolute atomic E-state index is 11.2. The Kier molecular flexibility index (Phi) is 1.29. The van der Waals surface area contributed by atoms with E-state index in [1.807, 2.05) is 6.07 Å². The topological polar surface area (TPSA) is 29.1 Å². The number of fused-ring (bicyclic) bond motifs is 3. The number of β-lactam (4-membered cyclic amide) rings is 1. The summed E-state index contributed by atoms with van der Waals surface area (Å²) in [7, 11) is 0. The molecule has 0 saturated carbocycles. The van der Waals surface area contributed by atoms with Crippen LogP contribution in [0.2, 0.25) is 0 Å². The van der Waals surface area contributed by atoms with Gasteiger partial charge in [-0.25, -0.2) is 0 Å². The third-order valence-electron chi connectivity index (χ3n) is 3.15. The molecule has 1 saturated heterocycles. The predicted octanol–water partition coefficient (Wildman–Crippen LogP) is 1.42. The number of benzene rings is 1. The summed E-state index contributed by atoms with van der Waals surface area (Å²) in [6, 6.07) is 8.73. The van der Waals surface area contributed by atoms with Gasteiger partial charge >= 0.3 is 0 Å². The average molecular weight is 173 g/mol. The Morgan fingerprint density at radius 2 is 2.15 bits per heavy atom. The van der Waals surface area contributed by atoms with E-state index in [4.69, 9.17) is 0 Å². The number of nitrogens with one attached hydrogen (secondary N) is 1. The molecule has 13 heavy (non-hydrogen) atoms. The smallest absolute Gasteiger partial charge is 0.226 e. The van der Waals surface area contributed by atoms with Crippen LogP contribution in [-0.4, -0.2) is 5.91 Å². The van der Waals surface area contributed by atoms with E-state index in [-0.39, 0.29) is 11.8 Å². The van der Waals surface area contributed by atoms with Crippen molar-refractivity contribution in [1.82, 2.24) is 5.32 Å². The number of carbonyl (C=O) groups excluding carboxylic acids is 1. The van der Waals surface area contributed by atoms with Crippen LogP contribution in [0.1, 0.15) is 23.6 Å². The van der Waals surface area contributed by atoms with Crippen molar-refractivity contribution >= 4 is 5.91 Å². The van der Waals surface area contributed by atoms with Crippen molar-refractivity contribution in [3.8, 4) is 0 Å². The minimum Gasteiger partial charge on any atom is -0.348 e. The summed E-state index contributed by atoms with van der Waals surface area (Å²) < 4.78 is 0. The highest BCUT2D eigenvalue weighted by Gasteiger charge is 2.42. The van der Waals surface area contributed by atoms with Gasteiger partial charge in [-0.1, -0.05) is 24.3 Å². The molecule has 1 fully saturated rings. The van der Waals surface area contributed by atoms with Gasteiger partial charge in [-0.05, 0) is 24.0 Å². The first-order chi connectivity index (χ1) is 6.36. The van der Waals surface area contributed by atoms with E-state index in [2.05, 4.69) is 23.5 Å². The monoisotopic (exact) mass is 173 g/mol. The summed E-state index contributed by atoms with van der Waals surface area (Å²) in [5.41, 5.74) is 2.74. The second-order valence-electron chi connectivity index (χ2n) is 3.83. The molecule has 2 heteroatoms. The highest BCUT2D eigenvalue weighted by atomic mass is 16.2. The zero-order chi connectivity index (χ0) is 8.84. The van der Waals surface area contributed by atoms with Gasteiger partial charge in [0.1, 0.15) is 0 Å². The molecule has 0 bridgehead atoms. The highest BCUT2D eigenvalue weighted by molar-refractivity contribution is 5.87. The zero-order valence-corrected chi connectivity index (χ0v) is 7.29. The van der Waals surface area contributed by atoms with Gasteiger partial charge in [-0.2, -0.15) is 0 Å². The molecule has 0 radical (unpaired) electrons. The van der Waals surface area contributed by atoms with E-state index in [0.29, 0.717) is 6.04 Å². The Morgan fingerprint density at radius 3 is 3.00 bits per heavy atom. The maximum atomic E-state index is 11.2. The van der Waals surface area contributed by atoms with E-state index in [1.54, 1.807) is 0 Å². The summed E-state index contributed by atoms with van der Waals surface area (Å²) in [5, 5.41) is 2.96. The summed E-state index contributed by atoms with van der Waals surface area (Å²) >= 11 is 0. The van der Waals surface area contributed by atoms with E-state index in [9.17, 15) is 4.79 Å². The molecule has 2 nitrogen and oxygen atoms in total. The van der Waals surface area contributed by atoms with Crippen molar-refractivity contribution in [2.24, 2.45) is 5.92 Å². The third-order valence-corrected chi connectivity index (χ3v) is 3.15. The first-order valence-corrected chi connectivity index (χ1v) is 4.74. The molecule has 1 amide bonds.